The number of benzene rings is 1. The molecule has 0 saturated carbocycles. The van der Waals surface area contributed by atoms with Gasteiger partial charge in [-0.3, -0.25) is 0 Å². The number of alkyl halides is 1. The van der Waals surface area contributed by atoms with Crippen LogP contribution in [0, 0.1) is 0 Å². The summed E-state index contributed by atoms with van der Waals surface area (Å²) < 4.78 is 26.9. The molecule has 0 fully saturated rings. The topological polar surface area (TPSA) is 46.5 Å². The van der Waals surface area contributed by atoms with E-state index in [-0.39, 0.29) is 5.56 Å². The zero-order valence-corrected chi connectivity index (χ0v) is 6.95. The summed E-state index contributed by atoms with van der Waals surface area (Å²) in [5, 5.41) is 0. The van der Waals surface area contributed by atoms with Crippen molar-refractivity contribution in [1.29, 1.82) is 0 Å². The number of hydrogen-bond donors (Lipinski definition) is 1. The molecule has 0 aliphatic carbocycles. The Bertz CT molecular complexity index is 265. The molecule has 3 nitrogen and oxygen atoms in total. The van der Waals surface area contributed by atoms with Crippen molar-refractivity contribution in [2.45, 2.75) is 6.36 Å². The lowest BCUT2D eigenvalue weighted by molar-refractivity contribution is 0.0636. The van der Waals surface area contributed by atoms with Crippen LogP contribution in [0.3, 0.4) is 0 Å². The number of rotatable bonds is 3. The Morgan fingerprint density at radius 1 is 1.42 bits per heavy atom. The second-order valence-corrected chi connectivity index (χ2v) is 2.76. The van der Waals surface area contributed by atoms with Crippen molar-refractivity contribution in [3.63, 3.8) is 0 Å². The van der Waals surface area contributed by atoms with Gasteiger partial charge in [0.1, 0.15) is 0 Å². The Morgan fingerprint density at radius 2 is 2.00 bits per heavy atom. The molecule has 0 heterocycles. The van der Waals surface area contributed by atoms with E-state index in [1.807, 2.05) is 0 Å². The third-order valence-corrected chi connectivity index (χ3v) is 1.61. The van der Waals surface area contributed by atoms with Crippen molar-refractivity contribution in [3.05, 3.63) is 35.9 Å². The van der Waals surface area contributed by atoms with E-state index >= 15 is 0 Å². The highest BCUT2D eigenvalue weighted by molar-refractivity contribution is 7.32. The third kappa shape index (κ3) is 2.66. The SMILES string of the molecule is O=[P+](O)OC(F)c1ccccc1. The molecule has 0 radical (unpaired) electrons. The monoisotopic (exact) mass is 189 g/mol. The summed E-state index contributed by atoms with van der Waals surface area (Å²) in [6, 6.07) is 7.91. The van der Waals surface area contributed by atoms with Crippen molar-refractivity contribution >= 4 is 8.25 Å². The molecule has 2 atom stereocenters. The van der Waals surface area contributed by atoms with Crippen molar-refractivity contribution in [2.75, 3.05) is 0 Å². The van der Waals surface area contributed by atoms with E-state index in [1.165, 1.54) is 12.1 Å². The molecule has 5 heteroatoms. The van der Waals surface area contributed by atoms with Gasteiger partial charge in [-0.25, -0.2) is 4.39 Å². The van der Waals surface area contributed by atoms with E-state index in [1.54, 1.807) is 18.2 Å². The normalized spacial score (nSPS) is 14.0. The maximum absolute atomic E-state index is 12.8. The summed E-state index contributed by atoms with van der Waals surface area (Å²) >= 11 is 0. The van der Waals surface area contributed by atoms with E-state index in [0.717, 1.165) is 0 Å². The molecule has 0 spiro atoms. The van der Waals surface area contributed by atoms with Crippen LogP contribution in [0.2, 0.25) is 0 Å². The summed E-state index contributed by atoms with van der Waals surface area (Å²) in [5.74, 6) is 0. The Hall–Kier alpha value is -0.830. The van der Waals surface area contributed by atoms with Crippen molar-refractivity contribution in [1.82, 2.24) is 0 Å². The first-order chi connectivity index (χ1) is 5.70. The van der Waals surface area contributed by atoms with E-state index < -0.39 is 14.6 Å². The van der Waals surface area contributed by atoms with Crippen molar-refractivity contribution < 1.29 is 18.4 Å². The molecule has 1 aromatic carbocycles. The second kappa shape index (κ2) is 4.26. The zero-order valence-electron chi connectivity index (χ0n) is 6.05. The lowest BCUT2D eigenvalue weighted by atomic mass is 10.2. The molecule has 64 valence electrons. The average Bonchev–Trinajstić information content (AvgIpc) is 2.05. The summed E-state index contributed by atoms with van der Waals surface area (Å²) in [5.41, 5.74) is 0.231. The lowest BCUT2D eigenvalue weighted by Gasteiger charge is -1.98. The van der Waals surface area contributed by atoms with Crippen LogP contribution in [0.5, 0.6) is 0 Å². The molecule has 1 aromatic rings. The Kier molecular flexibility index (Phi) is 3.29. The fraction of sp³-hybridized carbons (Fsp3) is 0.143. The molecule has 1 N–H and O–H groups in total. The average molecular weight is 189 g/mol. The van der Waals surface area contributed by atoms with E-state index in [0.29, 0.717) is 0 Å². The van der Waals surface area contributed by atoms with E-state index in [2.05, 4.69) is 4.52 Å². The fourth-order valence-corrected chi connectivity index (χ4v) is 1.02. The molecular weight excluding hydrogens is 182 g/mol. The first kappa shape index (κ1) is 9.26. The van der Waals surface area contributed by atoms with Gasteiger partial charge in [0.05, 0.1) is 0 Å². The largest absolute Gasteiger partial charge is 0.698 e. The highest BCUT2D eigenvalue weighted by atomic mass is 31.1. The molecule has 0 bridgehead atoms. The predicted molar refractivity (Wildman–Crippen MR) is 41.2 cm³/mol. The van der Waals surface area contributed by atoms with Crippen molar-refractivity contribution in [3.8, 4) is 0 Å². The van der Waals surface area contributed by atoms with Crippen LogP contribution in [0.1, 0.15) is 11.9 Å². The molecule has 0 saturated heterocycles. The summed E-state index contributed by atoms with van der Waals surface area (Å²) in [6.45, 7) is 0. The molecule has 2 unspecified atom stereocenters. The minimum Gasteiger partial charge on any atom is -0.205 e. The molecule has 12 heavy (non-hydrogen) atoms. The van der Waals surface area contributed by atoms with Crippen LogP contribution in [-0.2, 0) is 9.09 Å². The zero-order chi connectivity index (χ0) is 8.97. The number of halogens is 1. The van der Waals surface area contributed by atoms with Crippen LogP contribution in [0.4, 0.5) is 4.39 Å². The minimum atomic E-state index is -2.89. The van der Waals surface area contributed by atoms with E-state index in [9.17, 15) is 8.96 Å². The van der Waals surface area contributed by atoms with Gasteiger partial charge in [-0.1, -0.05) is 34.9 Å². The van der Waals surface area contributed by atoms with Crippen LogP contribution in [0.15, 0.2) is 30.3 Å². The first-order valence-electron chi connectivity index (χ1n) is 3.22. The Labute approximate surface area is 69.7 Å². The Morgan fingerprint density at radius 3 is 2.50 bits per heavy atom. The van der Waals surface area contributed by atoms with Crippen molar-refractivity contribution in [2.24, 2.45) is 0 Å². The van der Waals surface area contributed by atoms with E-state index in [4.69, 9.17) is 4.89 Å². The molecule has 0 aliphatic rings. The van der Waals surface area contributed by atoms with Gasteiger partial charge >= 0.3 is 8.25 Å². The molecule has 1 rings (SSSR count). The maximum Gasteiger partial charge on any atom is 0.698 e. The van der Waals surface area contributed by atoms with Gasteiger partial charge in [-0.2, -0.15) is 0 Å². The van der Waals surface area contributed by atoms with Gasteiger partial charge in [-0.15, -0.1) is 4.89 Å². The second-order valence-electron chi connectivity index (χ2n) is 2.07. The van der Waals surface area contributed by atoms with Crippen LogP contribution in [0.25, 0.3) is 0 Å². The summed E-state index contributed by atoms with van der Waals surface area (Å²) in [4.78, 5) is 8.23. The first-order valence-corrected chi connectivity index (χ1v) is 4.35. The van der Waals surface area contributed by atoms with Gasteiger partial charge in [0.2, 0.25) is 0 Å². The molecule has 0 amide bonds. The highest BCUT2D eigenvalue weighted by Crippen LogP contribution is 2.29. The quantitative estimate of drug-likeness (QED) is 0.742. The maximum atomic E-state index is 12.8. The van der Waals surface area contributed by atoms with Gasteiger partial charge in [0.15, 0.2) is 0 Å². The van der Waals surface area contributed by atoms with Crippen LogP contribution >= 0.6 is 8.25 Å². The minimum absolute atomic E-state index is 0.231. The molecule has 0 aromatic heterocycles. The van der Waals surface area contributed by atoms with Crippen LogP contribution < -0.4 is 0 Å². The molecular formula is C7H7FO3P+. The summed E-state index contributed by atoms with van der Waals surface area (Å²) in [6.07, 6.45) is -1.83. The Balaban J connectivity index is 2.65. The van der Waals surface area contributed by atoms with Gasteiger partial charge in [0.25, 0.3) is 6.36 Å². The van der Waals surface area contributed by atoms with Gasteiger partial charge in [0, 0.05) is 10.1 Å². The smallest absolute Gasteiger partial charge is 0.205 e. The summed E-state index contributed by atoms with van der Waals surface area (Å²) in [7, 11) is -2.89. The van der Waals surface area contributed by atoms with Gasteiger partial charge in [-0.05, 0) is 0 Å². The molecule has 0 aliphatic heterocycles. The standard InChI is InChI=1S/C7H6FO3P/c8-7(11-12(9)10)6-4-2-1-3-5-6/h1-5,7H/p+1. The lowest BCUT2D eigenvalue weighted by Crippen LogP contribution is -1.91. The highest BCUT2D eigenvalue weighted by Gasteiger charge is 2.23. The third-order valence-electron chi connectivity index (χ3n) is 1.24. The predicted octanol–water partition coefficient (Wildman–Crippen LogP) is 2.32. The fourth-order valence-electron chi connectivity index (χ4n) is 0.744. The number of hydrogen-bond acceptors (Lipinski definition) is 2. The van der Waals surface area contributed by atoms with Crippen LogP contribution in [-0.4, -0.2) is 4.89 Å². The van der Waals surface area contributed by atoms with Gasteiger partial charge < -0.3 is 0 Å².